The standard InChI is InChI=1S/C18H15ClN4O3/c1-12-20-8-9-22(12)14-4-2-13(3-5-14)11-21-18(24)16-10-15(23(25)26)6-7-17(16)19/h2-10H,11H2,1H3,(H,21,24). The average molecular weight is 371 g/mol. The summed E-state index contributed by atoms with van der Waals surface area (Å²) in [5.74, 6) is 0.416. The minimum absolute atomic E-state index is 0.0755. The summed E-state index contributed by atoms with van der Waals surface area (Å²) in [6.07, 6.45) is 3.60. The number of nitro benzene ring substituents is 1. The number of non-ortho nitro benzene ring substituents is 1. The largest absolute Gasteiger partial charge is 0.348 e. The summed E-state index contributed by atoms with van der Waals surface area (Å²) in [5.41, 5.74) is 1.75. The number of rotatable bonds is 5. The molecule has 0 unspecified atom stereocenters. The summed E-state index contributed by atoms with van der Waals surface area (Å²) in [6, 6.07) is 11.4. The van der Waals surface area contributed by atoms with E-state index in [-0.39, 0.29) is 22.8 Å². The maximum Gasteiger partial charge on any atom is 0.270 e. The van der Waals surface area contributed by atoms with Crippen LogP contribution in [0.4, 0.5) is 5.69 Å². The van der Waals surface area contributed by atoms with Crippen molar-refractivity contribution < 1.29 is 9.72 Å². The number of nitro groups is 1. The Kier molecular flexibility index (Phi) is 4.99. The molecule has 1 N–H and O–H groups in total. The van der Waals surface area contributed by atoms with Crippen LogP contribution in [0.25, 0.3) is 5.69 Å². The van der Waals surface area contributed by atoms with Crippen LogP contribution in [0, 0.1) is 17.0 Å². The maximum absolute atomic E-state index is 12.3. The summed E-state index contributed by atoms with van der Waals surface area (Å²) in [6.45, 7) is 2.19. The van der Waals surface area contributed by atoms with E-state index in [4.69, 9.17) is 11.6 Å². The Hall–Kier alpha value is -3.19. The van der Waals surface area contributed by atoms with Gasteiger partial charge in [0.05, 0.1) is 15.5 Å². The molecule has 3 aromatic rings. The zero-order chi connectivity index (χ0) is 18.7. The SMILES string of the molecule is Cc1nccn1-c1ccc(CNC(=O)c2cc([N+](=O)[O-])ccc2Cl)cc1. The van der Waals surface area contributed by atoms with Gasteiger partial charge in [-0.05, 0) is 30.7 Å². The summed E-state index contributed by atoms with van der Waals surface area (Å²) in [5, 5.41) is 13.7. The van der Waals surface area contributed by atoms with Crippen molar-refractivity contribution in [2.45, 2.75) is 13.5 Å². The van der Waals surface area contributed by atoms with Gasteiger partial charge >= 0.3 is 0 Å². The Morgan fingerprint density at radius 2 is 2.00 bits per heavy atom. The molecule has 0 fully saturated rings. The molecule has 7 nitrogen and oxygen atoms in total. The van der Waals surface area contributed by atoms with E-state index >= 15 is 0 Å². The number of hydrogen-bond acceptors (Lipinski definition) is 4. The van der Waals surface area contributed by atoms with Gasteiger partial charge in [-0.25, -0.2) is 4.98 Å². The number of halogens is 1. The Labute approximate surface area is 154 Å². The molecule has 1 aromatic heterocycles. The number of carbonyl (C=O) groups excluding carboxylic acids is 1. The zero-order valence-electron chi connectivity index (χ0n) is 13.8. The molecule has 2 aromatic carbocycles. The molecule has 0 aliphatic carbocycles. The van der Waals surface area contributed by atoms with Crippen molar-refractivity contribution in [3.63, 3.8) is 0 Å². The van der Waals surface area contributed by atoms with Crippen molar-refractivity contribution in [1.82, 2.24) is 14.9 Å². The molecule has 132 valence electrons. The Bertz CT molecular complexity index is 967. The molecule has 0 aliphatic heterocycles. The van der Waals surface area contributed by atoms with Crippen molar-refractivity contribution in [2.24, 2.45) is 0 Å². The molecule has 8 heteroatoms. The second kappa shape index (κ2) is 7.37. The van der Waals surface area contributed by atoms with E-state index in [1.165, 1.54) is 18.2 Å². The van der Waals surface area contributed by atoms with Crippen molar-refractivity contribution in [2.75, 3.05) is 0 Å². The summed E-state index contributed by atoms with van der Waals surface area (Å²) < 4.78 is 1.95. The van der Waals surface area contributed by atoms with E-state index in [0.29, 0.717) is 0 Å². The molecule has 0 radical (unpaired) electrons. The van der Waals surface area contributed by atoms with Crippen molar-refractivity contribution in [1.29, 1.82) is 0 Å². The number of nitrogens with zero attached hydrogens (tertiary/aromatic N) is 3. The van der Waals surface area contributed by atoms with Gasteiger partial charge in [0.15, 0.2) is 0 Å². The van der Waals surface area contributed by atoms with Crippen LogP contribution in [0.2, 0.25) is 5.02 Å². The molecular weight excluding hydrogens is 356 g/mol. The summed E-state index contributed by atoms with van der Waals surface area (Å²) >= 11 is 5.98. The fraction of sp³-hybridized carbons (Fsp3) is 0.111. The van der Waals surface area contributed by atoms with E-state index in [9.17, 15) is 14.9 Å². The number of hydrogen-bond donors (Lipinski definition) is 1. The summed E-state index contributed by atoms with van der Waals surface area (Å²) in [4.78, 5) is 26.7. The highest BCUT2D eigenvalue weighted by Gasteiger charge is 2.15. The Morgan fingerprint density at radius 1 is 1.27 bits per heavy atom. The van der Waals surface area contributed by atoms with E-state index in [0.717, 1.165) is 17.1 Å². The first kappa shape index (κ1) is 17.6. The summed E-state index contributed by atoms with van der Waals surface area (Å²) in [7, 11) is 0. The van der Waals surface area contributed by atoms with E-state index in [1.54, 1.807) is 6.20 Å². The smallest absolute Gasteiger partial charge is 0.270 e. The lowest BCUT2D eigenvalue weighted by molar-refractivity contribution is -0.384. The fourth-order valence-corrected chi connectivity index (χ4v) is 2.71. The molecule has 0 spiro atoms. The number of carbonyl (C=O) groups is 1. The Morgan fingerprint density at radius 3 is 2.62 bits per heavy atom. The minimum atomic E-state index is -0.566. The first-order valence-corrected chi connectivity index (χ1v) is 8.15. The highest BCUT2D eigenvalue weighted by atomic mass is 35.5. The van der Waals surface area contributed by atoms with E-state index in [1.807, 2.05) is 42.0 Å². The molecule has 1 heterocycles. The number of amides is 1. The third-order valence-corrected chi connectivity index (χ3v) is 4.23. The van der Waals surface area contributed by atoms with Crippen LogP contribution in [0.1, 0.15) is 21.7 Å². The molecule has 26 heavy (non-hydrogen) atoms. The monoisotopic (exact) mass is 370 g/mol. The quantitative estimate of drug-likeness (QED) is 0.548. The molecule has 0 atom stereocenters. The van der Waals surface area contributed by atoms with E-state index in [2.05, 4.69) is 10.3 Å². The number of nitrogens with one attached hydrogen (secondary N) is 1. The second-order valence-electron chi connectivity index (χ2n) is 5.61. The lowest BCUT2D eigenvalue weighted by Gasteiger charge is -2.09. The number of aryl methyl sites for hydroxylation is 1. The molecular formula is C18H15ClN4O3. The first-order valence-electron chi connectivity index (χ1n) is 7.77. The van der Waals surface area contributed by atoms with Gasteiger partial charge in [0, 0.05) is 36.8 Å². The number of imidazole rings is 1. The second-order valence-corrected chi connectivity index (χ2v) is 6.02. The zero-order valence-corrected chi connectivity index (χ0v) is 14.6. The third-order valence-electron chi connectivity index (χ3n) is 3.90. The molecule has 0 saturated carbocycles. The van der Waals surface area contributed by atoms with Gasteiger partial charge in [-0.2, -0.15) is 0 Å². The molecule has 1 amide bonds. The third kappa shape index (κ3) is 3.73. The normalized spacial score (nSPS) is 10.5. The van der Waals surface area contributed by atoms with Crippen molar-refractivity contribution in [3.8, 4) is 5.69 Å². The van der Waals surface area contributed by atoms with Gasteiger partial charge < -0.3 is 9.88 Å². The van der Waals surface area contributed by atoms with Gasteiger partial charge in [-0.15, -0.1) is 0 Å². The Balaban J connectivity index is 1.69. The highest BCUT2D eigenvalue weighted by Crippen LogP contribution is 2.22. The molecule has 0 aliphatic rings. The van der Waals surface area contributed by atoms with Crippen LogP contribution in [-0.4, -0.2) is 20.4 Å². The number of aromatic nitrogens is 2. The van der Waals surface area contributed by atoms with Gasteiger partial charge in [-0.3, -0.25) is 14.9 Å². The van der Waals surface area contributed by atoms with Crippen LogP contribution >= 0.6 is 11.6 Å². The minimum Gasteiger partial charge on any atom is -0.348 e. The molecule has 3 rings (SSSR count). The molecule has 0 bridgehead atoms. The van der Waals surface area contributed by atoms with Crippen LogP contribution in [0.5, 0.6) is 0 Å². The molecule has 0 saturated heterocycles. The van der Waals surface area contributed by atoms with Crippen LogP contribution < -0.4 is 5.32 Å². The topological polar surface area (TPSA) is 90.1 Å². The van der Waals surface area contributed by atoms with Crippen LogP contribution in [-0.2, 0) is 6.54 Å². The number of benzene rings is 2. The van der Waals surface area contributed by atoms with Gasteiger partial charge in [0.2, 0.25) is 0 Å². The van der Waals surface area contributed by atoms with Crippen LogP contribution in [0.15, 0.2) is 54.9 Å². The van der Waals surface area contributed by atoms with Crippen molar-refractivity contribution >= 4 is 23.2 Å². The maximum atomic E-state index is 12.3. The lowest BCUT2D eigenvalue weighted by atomic mass is 10.1. The predicted molar refractivity (Wildman–Crippen MR) is 97.6 cm³/mol. The average Bonchev–Trinajstić information content (AvgIpc) is 3.06. The van der Waals surface area contributed by atoms with Gasteiger partial charge in [0.25, 0.3) is 11.6 Å². The lowest BCUT2D eigenvalue weighted by Crippen LogP contribution is -2.23. The van der Waals surface area contributed by atoms with E-state index < -0.39 is 10.8 Å². The van der Waals surface area contributed by atoms with Gasteiger partial charge in [-0.1, -0.05) is 23.7 Å². The highest BCUT2D eigenvalue weighted by molar-refractivity contribution is 6.33. The first-order chi connectivity index (χ1) is 12.5. The van der Waals surface area contributed by atoms with Gasteiger partial charge in [0.1, 0.15) is 5.82 Å². The predicted octanol–water partition coefficient (Wildman–Crippen LogP) is 3.67. The van der Waals surface area contributed by atoms with Crippen molar-refractivity contribution in [3.05, 3.63) is 86.9 Å². The van der Waals surface area contributed by atoms with Crippen LogP contribution in [0.3, 0.4) is 0 Å². The fourth-order valence-electron chi connectivity index (χ4n) is 2.50.